The van der Waals surface area contributed by atoms with Gasteiger partial charge in [-0.1, -0.05) is 12.1 Å². The van der Waals surface area contributed by atoms with Crippen molar-refractivity contribution < 1.29 is 24.2 Å². The quantitative estimate of drug-likeness (QED) is 0.195. The number of esters is 1. The number of carboxylic acids is 1. The zero-order valence-corrected chi connectivity index (χ0v) is 8.21. The SMILES string of the molecule is N=[N+]=Cc1ccccc1OC(=O)CC(=O)O. The van der Waals surface area contributed by atoms with E-state index in [1.807, 2.05) is 0 Å². The van der Waals surface area contributed by atoms with Crippen LogP contribution in [0, 0.1) is 5.53 Å². The number of ether oxygens (including phenoxy) is 1. The summed E-state index contributed by atoms with van der Waals surface area (Å²) in [5.41, 5.74) is 7.11. The molecule has 0 heterocycles. The molecular formula is C10H9N2O4+. The fourth-order valence-electron chi connectivity index (χ4n) is 1.03. The van der Waals surface area contributed by atoms with Crippen LogP contribution in [0.3, 0.4) is 0 Å². The number of carbonyl (C=O) groups is 2. The third-order valence-electron chi connectivity index (χ3n) is 1.64. The molecule has 0 radical (unpaired) electrons. The Labute approximate surface area is 90.7 Å². The Hall–Kier alpha value is -2.46. The first kappa shape index (κ1) is 11.6. The van der Waals surface area contributed by atoms with E-state index in [9.17, 15) is 9.59 Å². The minimum absolute atomic E-state index is 0.185. The maximum absolute atomic E-state index is 11.1. The van der Waals surface area contributed by atoms with E-state index in [1.54, 1.807) is 18.2 Å². The van der Waals surface area contributed by atoms with Crippen LogP contribution in [0.25, 0.3) is 0 Å². The van der Waals surface area contributed by atoms with Gasteiger partial charge in [0.25, 0.3) is 0 Å². The smallest absolute Gasteiger partial charge is 0.341 e. The van der Waals surface area contributed by atoms with Gasteiger partial charge in [0.2, 0.25) is 0 Å². The van der Waals surface area contributed by atoms with E-state index in [4.69, 9.17) is 15.4 Å². The molecule has 1 aromatic rings. The van der Waals surface area contributed by atoms with E-state index < -0.39 is 18.4 Å². The summed E-state index contributed by atoms with van der Waals surface area (Å²) in [7, 11) is 0. The van der Waals surface area contributed by atoms with Gasteiger partial charge in [-0.15, -0.1) is 0 Å². The molecule has 0 fully saturated rings. The number of nitrogens with zero attached hydrogens (tertiary/aromatic N) is 1. The van der Waals surface area contributed by atoms with Crippen LogP contribution in [-0.4, -0.2) is 28.0 Å². The van der Waals surface area contributed by atoms with Crippen LogP contribution in [0.15, 0.2) is 24.3 Å². The number of para-hydroxylation sites is 1. The molecule has 0 unspecified atom stereocenters. The summed E-state index contributed by atoms with van der Waals surface area (Å²) in [5, 5.41) is 8.38. The van der Waals surface area contributed by atoms with Crippen molar-refractivity contribution in [3.05, 3.63) is 29.8 Å². The maximum Gasteiger partial charge on any atom is 0.341 e. The molecule has 0 amide bonds. The predicted molar refractivity (Wildman–Crippen MR) is 52.5 cm³/mol. The Morgan fingerprint density at radius 2 is 2.12 bits per heavy atom. The zero-order valence-electron chi connectivity index (χ0n) is 8.21. The molecule has 6 heteroatoms. The first-order chi connectivity index (χ1) is 7.63. The molecule has 2 N–H and O–H groups in total. The molecule has 0 aliphatic heterocycles. The van der Waals surface area contributed by atoms with E-state index in [-0.39, 0.29) is 5.75 Å². The normalized spacial score (nSPS) is 9.00. The van der Waals surface area contributed by atoms with Crippen molar-refractivity contribution >= 4 is 18.2 Å². The molecule has 0 aromatic heterocycles. The van der Waals surface area contributed by atoms with E-state index in [0.29, 0.717) is 5.56 Å². The molecule has 16 heavy (non-hydrogen) atoms. The van der Waals surface area contributed by atoms with Crippen LogP contribution in [-0.2, 0) is 9.59 Å². The molecule has 0 bridgehead atoms. The van der Waals surface area contributed by atoms with Crippen molar-refractivity contribution in [3.63, 3.8) is 0 Å². The summed E-state index contributed by atoms with van der Waals surface area (Å²) in [4.78, 5) is 24.4. The number of rotatable bonds is 4. The average Bonchev–Trinajstić information content (AvgIpc) is 2.20. The van der Waals surface area contributed by atoms with Crippen molar-refractivity contribution in [2.45, 2.75) is 6.42 Å². The van der Waals surface area contributed by atoms with Gasteiger partial charge in [-0.25, -0.2) is 0 Å². The van der Waals surface area contributed by atoms with E-state index in [2.05, 4.69) is 4.79 Å². The summed E-state index contributed by atoms with van der Waals surface area (Å²) in [6, 6.07) is 6.41. The van der Waals surface area contributed by atoms with Crippen molar-refractivity contribution in [2.75, 3.05) is 0 Å². The fourth-order valence-corrected chi connectivity index (χ4v) is 1.03. The van der Waals surface area contributed by atoms with Crippen LogP contribution >= 0.6 is 0 Å². The molecule has 0 spiro atoms. The molecule has 0 saturated carbocycles. The summed E-state index contributed by atoms with van der Waals surface area (Å²) in [6.45, 7) is 0. The van der Waals surface area contributed by atoms with Crippen LogP contribution in [0.1, 0.15) is 12.0 Å². The lowest BCUT2D eigenvalue weighted by Crippen LogP contribution is -2.14. The number of carboxylic acid groups (broad SMARTS) is 1. The summed E-state index contributed by atoms with van der Waals surface area (Å²) in [5.74, 6) is -1.93. The lowest BCUT2D eigenvalue weighted by molar-refractivity contribution is -0.145. The number of nitrogens with one attached hydrogen (secondary N) is 1. The van der Waals surface area contributed by atoms with Crippen molar-refractivity contribution in [1.29, 1.82) is 5.53 Å². The second-order valence-corrected chi connectivity index (χ2v) is 2.84. The van der Waals surface area contributed by atoms with Gasteiger partial charge in [0.15, 0.2) is 0 Å². The Kier molecular flexibility index (Phi) is 3.94. The van der Waals surface area contributed by atoms with Gasteiger partial charge in [0.05, 0.1) is 5.53 Å². The Morgan fingerprint density at radius 1 is 1.44 bits per heavy atom. The first-order valence-electron chi connectivity index (χ1n) is 4.35. The minimum Gasteiger partial charge on any atom is -0.481 e. The third kappa shape index (κ3) is 3.36. The Morgan fingerprint density at radius 3 is 2.75 bits per heavy atom. The van der Waals surface area contributed by atoms with Crippen LogP contribution < -0.4 is 4.74 Å². The summed E-state index contributed by atoms with van der Waals surface area (Å²) in [6.07, 6.45) is 0.496. The lowest BCUT2D eigenvalue weighted by atomic mass is 10.2. The molecule has 82 valence electrons. The van der Waals surface area contributed by atoms with Gasteiger partial charge in [-0.05, 0) is 12.1 Å². The topological polar surface area (TPSA) is 102 Å². The zero-order chi connectivity index (χ0) is 12.0. The standard InChI is InChI=1S/C10H8N2O4/c11-12-6-7-3-1-2-4-8(7)16-10(15)5-9(13)14/h1-4,6,11H,5H2/p+1. The second kappa shape index (κ2) is 5.43. The molecule has 1 aromatic carbocycles. The Balaban J connectivity index is 2.84. The van der Waals surface area contributed by atoms with Gasteiger partial charge in [0, 0.05) is 4.79 Å². The highest BCUT2D eigenvalue weighted by molar-refractivity contribution is 5.92. The predicted octanol–water partition coefficient (Wildman–Crippen LogP) is 0.725. The van der Waals surface area contributed by atoms with Gasteiger partial charge < -0.3 is 9.84 Å². The lowest BCUT2D eigenvalue weighted by Gasteiger charge is -2.02. The molecular weight excluding hydrogens is 212 g/mol. The fraction of sp³-hybridized carbons (Fsp3) is 0.100. The van der Waals surface area contributed by atoms with E-state index in [0.717, 1.165) is 0 Å². The van der Waals surface area contributed by atoms with E-state index >= 15 is 0 Å². The molecule has 1 rings (SSSR count). The molecule has 0 aliphatic carbocycles. The van der Waals surface area contributed by atoms with Gasteiger partial charge >= 0.3 is 18.2 Å². The van der Waals surface area contributed by atoms with Gasteiger partial charge in [0.1, 0.15) is 17.7 Å². The number of carbonyl (C=O) groups excluding carboxylic acids is 1. The molecule has 6 nitrogen and oxygen atoms in total. The summed E-state index contributed by atoms with van der Waals surface area (Å²) < 4.78 is 4.81. The number of hydrogen-bond acceptors (Lipinski definition) is 4. The highest BCUT2D eigenvalue weighted by atomic mass is 16.5. The van der Waals surface area contributed by atoms with Crippen LogP contribution in [0.5, 0.6) is 5.75 Å². The highest BCUT2D eigenvalue weighted by Gasteiger charge is 2.13. The number of aliphatic carboxylic acids is 1. The largest absolute Gasteiger partial charge is 0.481 e. The summed E-state index contributed by atoms with van der Waals surface area (Å²) >= 11 is 0. The Bertz CT molecular complexity index is 464. The van der Waals surface area contributed by atoms with Gasteiger partial charge in [-0.2, -0.15) is 0 Å². The van der Waals surface area contributed by atoms with Gasteiger partial charge in [-0.3, -0.25) is 9.59 Å². The maximum atomic E-state index is 11.1. The van der Waals surface area contributed by atoms with Crippen LogP contribution in [0.2, 0.25) is 0 Å². The molecule has 0 saturated heterocycles. The van der Waals surface area contributed by atoms with Crippen molar-refractivity contribution in [2.24, 2.45) is 0 Å². The number of benzene rings is 1. The first-order valence-corrected chi connectivity index (χ1v) is 4.35. The molecule has 0 aliphatic rings. The van der Waals surface area contributed by atoms with E-state index in [1.165, 1.54) is 12.3 Å². The number of hydrogen-bond donors (Lipinski definition) is 2. The second-order valence-electron chi connectivity index (χ2n) is 2.84. The van der Waals surface area contributed by atoms with Crippen LogP contribution in [0.4, 0.5) is 0 Å². The monoisotopic (exact) mass is 221 g/mol. The highest BCUT2D eigenvalue weighted by Crippen LogP contribution is 2.15. The third-order valence-corrected chi connectivity index (χ3v) is 1.64. The average molecular weight is 221 g/mol. The molecule has 0 atom stereocenters. The van der Waals surface area contributed by atoms with Crippen molar-refractivity contribution in [3.8, 4) is 5.75 Å². The minimum atomic E-state index is -1.25. The van der Waals surface area contributed by atoms with Crippen molar-refractivity contribution in [1.82, 2.24) is 0 Å².